The van der Waals surface area contributed by atoms with E-state index in [1.165, 1.54) is 22.4 Å². The molecule has 0 atom stereocenters. The molecule has 0 unspecified atom stereocenters. The highest BCUT2D eigenvalue weighted by Gasteiger charge is 2.50. The summed E-state index contributed by atoms with van der Waals surface area (Å²) >= 11 is 0. The summed E-state index contributed by atoms with van der Waals surface area (Å²) in [5.41, 5.74) is 2.07. The number of nitrogens with one attached hydrogen (secondary N) is 1. The van der Waals surface area contributed by atoms with E-state index >= 15 is 0 Å². The van der Waals surface area contributed by atoms with Gasteiger partial charge in [0.1, 0.15) is 5.54 Å². The number of carbonyl (C=O) groups is 2. The molecular weight excluding hydrogens is 364 g/mol. The van der Waals surface area contributed by atoms with Crippen LogP contribution in [0.5, 0.6) is 0 Å². The van der Waals surface area contributed by atoms with Gasteiger partial charge in [0.25, 0.3) is 5.91 Å². The topological polar surface area (TPSA) is 55.9 Å². The molecule has 1 saturated carbocycles. The molecule has 3 aliphatic rings. The van der Waals surface area contributed by atoms with Crippen LogP contribution in [0.2, 0.25) is 0 Å². The van der Waals surface area contributed by atoms with Crippen molar-refractivity contribution in [3.63, 3.8) is 0 Å². The van der Waals surface area contributed by atoms with Crippen LogP contribution in [0.25, 0.3) is 0 Å². The summed E-state index contributed by atoms with van der Waals surface area (Å²) in [5.74, 6) is 0.00624. The Balaban J connectivity index is 1.31. The number of hydrogen-bond acceptors (Lipinski definition) is 4. The zero-order valence-corrected chi connectivity index (χ0v) is 17.7. The van der Waals surface area contributed by atoms with Crippen LogP contribution in [0.15, 0.2) is 24.3 Å². The molecule has 6 heteroatoms. The van der Waals surface area contributed by atoms with Gasteiger partial charge >= 0.3 is 6.03 Å². The van der Waals surface area contributed by atoms with Gasteiger partial charge in [-0.05, 0) is 30.9 Å². The van der Waals surface area contributed by atoms with Crippen LogP contribution >= 0.6 is 0 Å². The Hall–Kier alpha value is -1.92. The van der Waals surface area contributed by atoms with Gasteiger partial charge in [-0.15, -0.1) is 0 Å². The van der Waals surface area contributed by atoms with Gasteiger partial charge in [-0.3, -0.25) is 14.6 Å². The summed E-state index contributed by atoms with van der Waals surface area (Å²) in [4.78, 5) is 32.0. The normalized spacial score (nSPS) is 23.8. The second kappa shape index (κ2) is 8.84. The molecule has 2 aliphatic heterocycles. The highest BCUT2D eigenvalue weighted by molar-refractivity contribution is 6.07. The maximum absolute atomic E-state index is 13.2. The van der Waals surface area contributed by atoms with E-state index in [2.05, 4.69) is 46.3 Å². The molecule has 2 heterocycles. The first kappa shape index (κ1) is 20.4. The largest absolute Gasteiger partial charge is 0.326 e. The van der Waals surface area contributed by atoms with Crippen molar-refractivity contribution >= 4 is 11.9 Å². The quantitative estimate of drug-likeness (QED) is 0.792. The van der Waals surface area contributed by atoms with Crippen molar-refractivity contribution in [1.82, 2.24) is 20.0 Å². The van der Waals surface area contributed by atoms with Crippen molar-refractivity contribution in [3.05, 3.63) is 35.4 Å². The summed E-state index contributed by atoms with van der Waals surface area (Å²) in [6.07, 6.45) is 7.20. The van der Waals surface area contributed by atoms with E-state index in [1.54, 1.807) is 0 Å². The zero-order valence-electron chi connectivity index (χ0n) is 17.7. The number of nitrogens with zero attached hydrogens (tertiary/aromatic N) is 3. The van der Waals surface area contributed by atoms with E-state index < -0.39 is 5.54 Å². The molecule has 6 nitrogen and oxygen atoms in total. The van der Waals surface area contributed by atoms with Gasteiger partial charge in [-0.1, -0.05) is 56.4 Å². The molecule has 0 aromatic heterocycles. The maximum Gasteiger partial charge on any atom is 0.326 e. The smallest absolute Gasteiger partial charge is 0.323 e. The third-order valence-electron chi connectivity index (χ3n) is 6.91. The van der Waals surface area contributed by atoms with Crippen molar-refractivity contribution in [1.29, 1.82) is 0 Å². The maximum atomic E-state index is 13.2. The summed E-state index contributed by atoms with van der Waals surface area (Å²) < 4.78 is 0. The Morgan fingerprint density at radius 3 is 2.21 bits per heavy atom. The number of carbonyl (C=O) groups excluding carboxylic acids is 2. The highest BCUT2D eigenvalue weighted by atomic mass is 16.2. The van der Waals surface area contributed by atoms with Crippen LogP contribution in [0, 0.1) is 6.92 Å². The van der Waals surface area contributed by atoms with Gasteiger partial charge in [-0.2, -0.15) is 0 Å². The van der Waals surface area contributed by atoms with E-state index in [9.17, 15) is 9.59 Å². The third-order valence-corrected chi connectivity index (χ3v) is 6.91. The number of urea groups is 1. The fourth-order valence-corrected chi connectivity index (χ4v) is 4.97. The molecule has 1 N–H and O–H groups in total. The minimum absolute atomic E-state index is 0.00624. The second-order valence-corrected chi connectivity index (χ2v) is 8.98. The summed E-state index contributed by atoms with van der Waals surface area (Å²) in [6.45, 7) is 7.24. The first-order chi connectivity index (χ1) is 14.1. The lowest BCUT2D eigenvalue weighted by molar-refractivity contribution is -0.133. The Kier molecular flexibility index (Phi) is 6.20. The van der Waals surface area contributed by atoms with Crippen molar-refractivity contribution in [2.75, 3.05) is 32.8 Å². The molecule has 0 bridgehead atoms. The van der Waals surface area contributed by atoms with Gasteiger partial charge in [0.2, 0.25) is 0 Å². The summed E-state index contributed by atoms with van der Waals surface area (Å²) in [7, 11) is 0. The van der Waals surface area contributed by atoms with E-state index in [0.29, 0.717) is 6.67 Å². The number of amides is 3. The molecular formula is C23H34N4O2. The molecule has 158 valence electrons. The van der Waals surface area contributed by atoms with E-state index in [0.717, 1.165) is 71.2 Å². The zero-order chi connectivity index (χ0) is 20.3. The average molecular weight is 399 g/mol. The fraction of sp³-hybridized carbons (Fsp3) is 0.652. The lowest BCUT2D eigenvalue weighted by Crippen LogP contribution is -2.52. The molecule has 1 spiro atoms. The molecule has 29 heavy (non-hydrogen) atoms. The van der Waals surface area contributed by atoms with Crippen LogP contribution < -0.4 is 5.32 Å². The van der Waals surface area contributed by atoms with E-state index in [-0.39, 0.29) is 11.9 Å². The predicted octanol–water partition coefficient (Wildman–Crippen LogP) is 3.11. The van der Waals surface area contributed by atoms with Crippen LogP contribution in [-0.4, -0.2) is 65.0 Å². The van der Waals surface area contributed by atoms with Crippen LogP contribution in [0.3, 0.4) is 0 Å². The van der Waals surface area contributed by atoms with Gasteiger partial charge in [0.05, 0.1) is 6.67 Å². The lowest BCUT2D eigenvalue weighted by atomic mass is 9.84. The number of aryl methyl sites for hydroxylation is 1. The Morgan fingerprint density at radius 2 is 1.52 bits per heavy atom. The summed E-state index contributed by atoms with van der Waals surface area (Å²) in [5, 5.41) is 3.07. The molecule has 1 aromatic carbocycles. The Labute approximate surface area is 174 Å². The fourth-order valence-electron chi connectivity index (χ4n) is 4.97. The van der Waals surface area contributed by atoms with Crippen molar-refractivity contribution in [2.45, 2.75) is 64.0 Å². The number of benzene rings is 1. The molecule has 3 amide bonds. The number of hydrogen-bond donors (Lipinski definition) is 1. The second-order valence-electron chi connectivity index (χ2n) is 8.98. The molecule has 1 aromatic rings. The SMILES string of the molecule is Cc1ccccc1CN1CCN(CN2C(=O)NC3(CCCCCCC3)C2=O)CC1. The monoisotopic (exact) mass is 398 g/mol. The molecule has 1 aliphatic carbocycles. The number of imide groups is 1. The van der Waals surface area contributed by atoms with E-state index in [4.69, 9.17) is 0 Å². The molecule has 3 fully saturated rings. The first-order valence-corrected chi connectivity index (χ1v) is 11.2. The van der Waals surface area contributed by atoms with E-state index in [1.807, 2.05) is 0 Å². The van der Waals surface area contributed by atoms with Gasteiger partial charge in [-0.25, -0.2) is 9.69 Å². The van der Waals surface area contributed by atoms with Crippen LogP contribution in [-0.2, 0) is 11.3 Å². The lowest BCUT2D eigenvalue weighted by Gasteiger charge is -2.36. The van der Waals surface area contributed by atoms with Crippen molar-refractivity contribution < 1.29 is 9.59 Å². The van der Waals surface area contributed by atoms with Crippen LogP contribution in [0.4, 0.5) is 4.79 Å². The van der Waals surface area contributed by atoms with Gasteiger partial charge in [0.15, 0.2) is 0 Å². The van der Waals surface area contributed by atoms with Crippen molar-refractivity contribution in [3.8, 4) is 0 Å². The molecule has 2 saturated heterocycles. The molecule has 0 radical (unpaired) electrons. The minimum Gasteiger partial charge on any atom is -0.323 e. The Morgan fingerprint density at radius 1 is 0.897 bits per heavy atom. The average Bonchev–Trinajstić information content (AvgIpc) is 2.93. The summed E-state index contributed by atoms with van der Waals surface area (Å²) in [6, 6.07) is 8.34. The third kappa shape index (κ3) is 4.48. The van der Waals surface area contributed by atoms with Gasteiger partial charge in [0, 0.05) is 32.7 Å². The minimum atomic E-state index is -0.635. The van der Waals surface area contributed by atoms with Crippen LogP contribution in [0.1, 0.15) is 56.1 Å². The number of piperazine rings is 1. The predicted molar refractivity (Wildman–Crippen MR) is 113 cm³/mol. The first-order valence-electron chi connectivity index (χ1n) is 11.2. The molecule has 4 rings (SSSR count). The van der Waals surface area contributed by atoms with Gasteiger partial charge < -0.3 is 5.32 Å². The number of rotatable bonds is 4. The van der Waals surface area contributed by atoms with Crippen molar-refractivity contribution in [2.24, 2.45) is 0 Å². The Bertz CT molecular complexity index is 734. The standard InChI is InChI=1S/C23H34N4O2/c1-19-9-5-6-10-20(19)17-25-13-15-26(16-14-25)18-27-21(28)23(24-22(27)29)11-7-3-2-4-8-12-23/h5-6,9-10H,2-4,7-8,11-18H2,1H3,(H,24,29). The highest BCUT2D eigenvalue weighted by Crippen LogP contribution is 2.32.